The van der Waals surface area contributed by atoms with Gasteiger partial charge in [0, 0.05) is 22.7 Å². The Balaban J connectivity index is 2.14. The van der Waals surface area contributed by atoms with Gasteiger partial charge in [0.15, 0.2) is 0 Å². The number of oxazole rings is 1. The van der Waals surface area contributed by atoms with Crippen molar-refractivity contribution in [1.82, 2.24) is 10.3 Å². The van der Waals surface area contributed by atoms with E-state index in [0.717, 1.165) is 21.8 Å². The van der Waals surface area contributed by atoms with Crippen molar-refractivity contribution in [3.63, 3.8) is 0 Å². The molecule has 0 spiro atoms. The molecule has 0 aliphatic carbocycles. The standard InChI is InChI=1S/C15H19ClN2O/c1-10-5-6-11(7-13(10)16)14-18-12(9-19-14)8-17-15(2,3)4/h5-7,9,17H,8H2,1-4H3. The Kier molecular flexibility index (Phi) is 3.97. The maximum absolute atomic E-state index is 6.11. The van der Waals surface area contributed by atoms with E-state index in [4.69, 9.17) is 16.0 Å². The average molecular weight is 279 g/mol. The molecule has 2 rings (SSSR count). The van der Waals surface area contributed by atoms with Crippen molar-refractivity contribution in [2.24, 2.45) is 0 Å². The highest BCUT2D eigenvalue weighted by Gasteiger charge is 2.12. The molecule has 0 saturated carbocycles. The van der Waals surface area contributed by atoms with Crippen molar-refractivity contribution in [1.29, 1.82) is 0 Å². The second kappa shape index (κ2) is 5.35. The van der Waals surface area contributed by atoms with E-state index in [2.05, 4.69) is 31.1 Å². The zero-order chi connectivity index (χ0) is 14.0. The molecule has 0 unspecified atom stereocenters. The van der Waals surface area contributed by atoms with E-state index in [1.807, 2.05) is 25.1 Å². The topological polar surface area (TPSA) is 38.1 Å². The van der Waals surface area contributed by atoms with Crippen LogP contribution >= 0.6 is 11.6 Å². The molecule has 0 bridgehead atoms. The molecule has 0 atom stereocenters. The zero-order valence-electron chi connectivity index (χ0n) is 11.7. The SMILES string of the molecule is Cc1ccc(-c2nc(CNC(C)(C)C)co2)cc1Cl. The van der Waals surface area contributed by atoms with Gasteiger partial charge in [-0.15, -0.1) is 0 Å². The molecule has 1 heterocycles. The van der Waals surface area contributed by atoms with Gasteiger partial charge in [0.05, 0.1) is 5.69 Å². The number of nitrogens with one attached hydrogen (secondary N) is 1. The molecular formula is C15H19ClN2O. The molecule has 0 radical (unpaired) electrons. The minimum absolute atomic E-state index is 0.0618. The van der Waals surface area contributed by atoms with Crippen molar-refractivity contribution in [2.45, 2.75) is 39.8 Å². The summed E-state index contributed by atoms with van der Waals surface area (Å²) in [7, 11) is 0. The molecule has 0 saturated heterocycles. The van der Waals surface area contributed by atoms with Crippen LogP contribution in [-0.2, 0) is 6.54 Å². The smallest absolute Gasteiger partial charge is 0.226 e. The van der Waals surface area contributed by atoms with Gasteiger partial charge in [0.1, 0.15) is 6.26 Å². The van der Waals surface area contributed by atoms with E-state index in [1.165, 1.54) is 0 Å². The van der Waals surface area contributed by atoms with Gasteiger partial charge in [0.2, 0.25) is 5.89 Å². The van der Waals surface area contributed by atoms with Crippen LogP contribution in [0.4, 0.5) is 0 Å². The summed E-state index contributed by atoms with van der Waals surface area (Å²) < 4.78 is 5.50. The lowest BCUT2D eigenvalue weighted by Gasteiger charge is -2.19. The molecule has 0 amide bonds. The number of nitrogens with zero attached hydrogens (tertiary/aromatic N) is 1. The number of rotatable bonds is 3. The molecule has 2 aromatic rings. The summed E-state index contributed by atoms with van der Waals surface area (Å²) in [6, 6.07) is 5.81. The lowest BCUT2D eigenvalue weighted by molar-refractivity contribution is 0.421. The van der Waals surface area contributed by atoms with Gasteiger partial charge in [-0.2, -0.15) is 0 Å². The lowest BCUT2D eigenvalue weighted by atomic mass is 10.1. The summed E-state index contributed by atoms with van der Waals surface area (Å²) in [6.45, 7) is 9.02. The molecule has 4 heteroatoms. The average Bonchev–Trinajstić information content (AvgIpc) is 2.78. The van der Waals surface area contributed by atoms with Gasteiger partial charge in [-0.3, -0.25) is 0 Å². The van der Waals surface area contributed by atoms with Crippen LogP contribution in [0.1, 0.15) is 32.0 Å². The Morgan fingerprint density at radius 2 is 2.05 bits per heavy atom. The van der Waals surface area contributed by atoms with Crippen molar-refractivity contribution in [3.8, 4) is 11.5 Å². The molecule has 0 fully saturated rings. The van der Waals surface area contributed by atoms with Gasteiger partial charge in [-0.25, -0.2) is 4.98 Å². The first kappa shape index (κ1) is 14.1. The van der Waals surface area contributed by atoms with Crippen LogP contribution in [0.3, 0.4) is 0 Å². The maximum Gasteiger partial charge on any atom is 0.226 e. The maximum atomic E-state index is 6.11. The Bertz CT molecular complexity index is 570. The Hall–Kier alpha value is -1.32. The van der Waals surface area contributed by atoms with Gasteiger partial charge in [-0.05, 0) is 45.4 Å². The predicted octanol–water partition coefficient (Wildman–Crippen LogP) is 4.19. The monoisotopic (exact) mass is 278 g/mol. The second-order valence-corrected chi connectivity index (χ2v) is 6.12. The minimum atomic E-state index is 0.0618. The van der Waals surface area contributed by atoms with Crippen molar-refractivity contribution >= 4 is 11.6 Å². The lowest BCUT2D eigenvalue weighted by Crippen LogP contribution is -2.35. The first-order chi connectivity index (χ1) is 8.85. The summed E-state index contributed by atoms with van der Waals surface area (Å²) in [4.78, 5) is 4.47. The largest absolute Gasteiger partial charge is 0.444 e. The molecule has 1 N–H and O–H groups in total. The predicted molar refractivity (Wildman–Crippen MR) is 78.3 cm³/mol. The van der Waals surface area contributed by atoms with Gasteiger partial charge >= 0.3 is 0 Å². The van der Waals surface area contributed by atoms with Crippen LogP contribution in [0, 0.1) is 6.92 Å². The van der Waals surface area contributed by atoms with Gasteiger partial charge < -0.3 is 9.73 Å². The van der Waals surface area contributed by atoms with E-state index >= 15 is 0 Å². The van der Waals surface area contributed by atoms with Crippen LogP contribution in [0.5, 0.6) is 0 Å². The van der Waals surface area contributed by atoms with Crippen molar-refractivity contribution in [3.05, 3.63) is 40.7 Å². The van der Waals surface area contributed by atoms with Gasteiger partial charge in [0.25, 0.3) is 0 Å². The fourth-order valence-corrected chi connectivity index (χ4v) is 1.78. The Morgan fingerprint density at radius 1 is 1.32 bits per heavy atom. The normalized spacial score (nSPS) is 11.8. The molecule has 102 valence electrons. The second-order valence-electron chi connectivity index (χ2n) is 5.71. The highest BCUT2D eigenvalue weighted by molar-refractivity contribution is 6.31. The molecule has 0 aliphatic heterocycles. The third kappa shape index (κ3) is 3.82. The third-order valence-electron chi connectivity index (χ3n) is 2.77. The molecule has 3 nitrogen and oxygen atoms in total. The summed E-state index contributed by atoms with van der Waals surface area (Å²) in [5, 5.41) is 4.10. The Morgan fingerprint density at radius 3 is 2.68 bits per heavy atom. The third-order valence-corrected chi connectivity index (χ3v) is 3.18. The summed E-state index contributed by atoms with van der Waals surface area (Å²) in [6.07, 6.45) is 1.68. The highest BCUT2D eigenvalue weighted by atomic mass is 35.5. The highest BCUT2D eigenvalue weighted by Crippen LogP contribution is 2.24. The molecule has 1 aromatic carbocycles. The summed E-state index contributed by atoms with van der Waals surface area (Å²) >= 11 is 6.11. The first-order valence-corrected chi connectivity index (χ1v) is 6.69. The molecule has 0 aliphatic rings. The van der Waals surface area contributed by atoms with Crippen LogP contribution in [-0.4, -0.2) is 10.5 Å². The molecule has 1 aromatic heterocycles. The van der Waals surface area contributed by atoms with E-state index in [1.54, 1.807) is 6.26 Å². The minimum Gasteiger partial charge on any atom is -0.444 e. The molecular weight excluding hydrogens is 260 g/mol. The number of hydrogen-bond acceptors (Lipinski definition) is 3. The zero-order valence-corrected chi connectivity index (χ0v) is 12.5. The fourth-order valence-electron chi connectivity index (χ4n) is 1.60. The quantitative estimate of drug-likeness (QED) is 0.915. The summed E-state index contributed by atoms with van der Waals surface area (Å²) in [5.41, 5.74) is 2.90. The Labute approximate surface area is 119 Å². The van der Waals surface area contributed by atoms with Crippen LogP contribution < -0.4 is 5.32 Å². The van der Waals surface area contributed by atoms with E-state index in [0.29, 0.717) is 12.4 Å². The van der Waals surface area contributed by atoms with Crippen molar-refractivity contribution < 1.29 is 4.42 Å². The van der Waals surface area contributed by atoms with Gasteiger partial charge in [-0.1, -0.05) is 17.7 Å². The van der Waals surface area contributed by atoms with Crippen molar-refractivity contribution in [2.75, 3.05) is 0 Å². The van der Waals surface area contributed by atoms with E-state index in [-0.39, 0.29) is 5.54 Å². The summed E-state index contributed by atoms with van der Waals surface area (Å²) in [5.74, 6) is 0.604. The van der Waals surface area contributed by atoms with E-state index in [9.17, 15) is 0 Å². The van der Waals surface area contributed by atoms with Crippen LogP contribution in [0.15, 0.2) is 28.9 Å². The van der Waals surface area contributed by atoms with E-state index < -0.39 is 0 Å². The number of benzene rings is 1. The number of hydrogen-bond donors (Lipinski definition) is 1. The van der Waals surface area contributed by atoms with Crippen LogP contribution in [0.25, 0.3) is 11.5 Å². The molecule has 19 heavy (non-hydrogen) atoms. The number of aryl methyl sites for hydroxylation is 1. The number of halogens is 1. The fraction of sp³-hybridized carbons (Fsp3) is 0.400. The van der Waals surface area contributed by atoms with Crippen LogP contribution in [0.2, 0.25) is 5.02 Å². The first-order valence-electron chi connectivity index (χ1n) is 6.31. The number of aromatic nitrogens is 1.